The third kappa shape index (κ3) is 6.41. The fourth-order valence-corrected chi connectivity index (χ4v) is 3.01. The fraction of sp³-hybridized carbons (Fsp3) is 0.300. The highest BCUT2D eigenvalue weighted by Gasteiger charge is 2.14. The number of nitrogens with one attached hydrogen (secondary N) is 3. The van der Waals surface area contributed by atoms with Gasteiger partial charge in [-0.25, -0.2) is 0 Å². The third-order valence-corrected chi connectivity index (χ3v) is 4.61. The summed E-state index contributed by atoms with van der Waals surface area (Å²) in [7, 11) is 4.52. The molecule has 0 unspecified atom stereocenters. The van der Waals surface area contributed by atoms with Gasteiger partial charge in [-0.15, -0.1) is 0 Å². The van der Waals surface area contributed by atoms with E-state index in [1.807, 2.05) is 0 Å². The summed E-state index contributed by atoms with van der Waals surface area (Å²) in [6.07, 6.45) is 0. The third-order valence-electron chi connectivity index (χ3n) is 4.01. The molecule has 8 nitrogen and oxygen atoms in total. The molecule has 0 radical (unpaired) electrons. The first-order valence-electron chi connectivity index (χ1n) is 8.91. The van der Waals surface area contributed by atoms with Gasteiger partial charge in [-0.2, -0.15) is 0 Å². The molecular formula is C20H23Cl2N3O5. The minimum atomic E-state index is -0.327. The predicted molar refractivity (Wildman–Crippen MR) is 117 cm³/mol. The largest absolute Gasteiger partial charge is 0.495 e. The molecule has 0 fully saturated rings. The highest BCUT2D eigenvalue weighted by molar-refractivity contribution is 6.34. The lowest BCUT2D eigenvalue weighted by Gasteiger charge is -2.14. The van der Waals surface area contributed by atoms with Gasteiger partial charge in [-0.05, 0) is 24.3 Å². The summed E-state index contributed by atoms with van der Waals surface area (Å²) in [5.74, 6) is 0.221. The van der Waals surface area contributed by atoms with Crippen LogP contribution in [0.3, 0.4) is 0 Å². The summed E-state index contributed by atoms with van der Waals surface area (Å²) < 4.78 is 15.3. The number of methoxy groups -OCH3 is 3. The van der Waals surface area contributed by atoms with E-state index in [1.54, 1.807) is 37.4 Å². The van der Waals surface area contributed by atoms with Crippen molar-refractivity contribution in [2.24, 2.45) is 0 Å². The van der Waals surface area contributed by atoms with Gasteiger partial charge in [0.2, 0.25) is 5.91 Å². The Bertz CT molecular complexity index is 908. The average molecular weight is 456 g/mol. The first-order valence-corrected chi connectivity index (χ1v) is 9.67. The average Bonchev–Trinajstić information content (AvgIpc) is 2.72. The van der Waals surface area contributed by atoms with Crippen LogP contribution >= 0.6 is 23.2 Å². The van der Waals surface area contributed by atoms with E-state index in [0.717, 1.165) is 0 Å². The maximum absolute atomic E-state index is 12.3. The number of rotatable bonds is 10. The van der Waals surface area contributed by atoms with Crippen molar-refractivity contribution in [2.75, 3.05) is 51.7 Å². The number of benzene rings is 2. The SMILES string of the molecule is COCCNC(=O)c1ccc(NCC(=O)Nc2cc(Cl)c(OC)cc2OC)cc1Cl. The lowest BCUT2D eigenvalue weighted by Crippen LogP contribution is -2.27. The van der Waals surface area contributed by atoms with Crippen LogP contribution in [0.25, 0.3) is 0 Å². The second-order valence-electron chi connectivity index (χ2n) is 6.03. The van der Waals surface area contributed by atoms with E-state index >= 15 is 0 Å². The van der Waals surface area contributed by atoms with Gasteiger partial charge in [0.05, 0.1) is 48.7 Å². The van der Waals surface area contributed by atoms with Crippen LogP contribution in [-0.2, 0) is 9.53 Å². The lowest BCUT2D eigenvalue weighted by atomic mass is 10.2. The van der Waals surface area contributed by atoms with Crippen molar-refractivity contribution in [1.82, 2.24) is 5.32 Å². The Hall–Kier alpha value is -2.68. The molecule has 0 heterocycles. The van der Waals surface area contributed by atoms with Crippen LogP contribution in [-0.4, -0.2) is 52.8 Å². The standard InChI is InChI=1S/C20H23Cl2N3O5/c1-28-7-6-23-20(27)13-5-4-12(8-14(13)21)24-11-19(26)25-16-9-15(22)17(29-2)10-18(16)30-3/h4-5,8-10,24H,6-7,11H2,1-3H3,(H,23,27)(H,25,26). The van der Waals surface area contributed by atoms with E-state index in [9.17, 15) is 9.59 Å². The molecule has 2 rings (SSSR count). The first-order chi connectivity index (χ1) is 14.4. The van der Waals surface area contributed by atoms with Gasteiger partial charge in [-0.3, -0.25) is 9.59 Å². The molecule has 0 saturated heterocycles. The highest BCUT2D eigenvalue weighted by Crippen LogP contribution is 2.35. The molecule has 0 aliphatic carbocycles. The predicted octanol–water partition coefficient (Wildman–Crippen LogP) is 3.44. The summed E-state index contributed by atoms with van der Waals surface area (Å²) in [5.41, 5.74) is 1.33. The molecule has 0 spiro atoms. The second kappa shape index (κ2) is 11.5. The monoisotopic (exact) mass is 455 g/mol. The quantitative estimate of drug-likeness (QED) is 0.474. The van der Waals surface area contributed by atoms with Crippen LogP contribution in [0.2, 0.25) is 10.0 Å². The van der Waals surface area contributed by atoms with Crippen molar-refractivity contribution < 1.29 is 23.8 Å². The van der Waals surface area contributed by atoms with Gasteiger partial charge in [0.25, 0.3) is 5.91 Å². The minimum absolute atomic E-state index is 0.0392. The minimum Gasteiger partial charge on any atom is -0.495 e. The van der Waals surface area contributed by atoms with Crippen molar-refractivity contribution in [3.8, 4) is 11.5 Å². The van der Waals surface area contributed by atoms with Crippen LogP contribution in [0.15, 0.2) is 30.3 Å². The molecule has 162 valence electrons. The van der Waals surface area contributed by atoms with Crippen molar-refractivity contribution in [2.45, 2.75) is 0 Å². The summed E-state index contributed by atoms with van der Waals surface area (Å²) >= 11 is 12.3. The van der Waals surface area contributed by atoms with Crippen LogP contribution in [0.1, 0.15) is 10.4 Å². The van der Waals surface area contributed by atoms with E-state index in [0.29, 0.717) is 46.6 Å². The van der Waals surface area contributed by atoms with E-state index in [1.165, 1.54) is 14.2 Å². The zero-order valence-electron chi connectivity index (χ0n) is 16.8. The number of anilines is 2. The molecule has 2 aromatic carbocycles. The van der Waals surface area contributed by atoms with Gasteiger partial charge < -0.3 is 30.2 Å². The second-order valence-corrected chi connectivity index (χ2v) is 6.85. The smallest absolute Gasteiger partial charge is 0.252 e. The number of carbonyl (C=O) groups excluding carboxylic acids is 2. The Balaban J connectivity index is 1.97. The van der Waals surface area contributed by atoms with Crippen LogP contribution in [0.5, 0.6) is 11.5 Å². The summed E-state index contributed by atoms with van der Waals surface area (Å²) in [5, 5.41) is 8.97. The first kappa shape index (κ1) is 23.6. The lowest BCUT2D eigenvalue weighted by molar-refractivity contribution is -0.114. The van der Waals surface area contributed by atoms with Crippen molar-refractivity contribution >= 4 is 46.4 Å². The van der Waals surface area contributed by atoms with Gasteiger partial charge in [0.15, 0.2) is 0 Å². The Morgan fingerprint density at radius 2 is 1.70 bits per heavy atom. The van der Waals surface area contributed by atoms with Gasteiger partial charge >= 0.3 is 0 Å². The molecule has 2 amide bonds. The molecule has 3 N–H and O–H groups in total. The van der Waals surface area contributed by atoms with E-state index in [4.69, 9.17) is 37.4 Å². The van der Waals surface area contributed by atoms with E-state index < -0.39 is 0 Å². The molecule has 2 aromatic rings. The summed E-state index contributed by atoms with van der Waals surface area (Å²) in [4.78, 5) is 24.4. The van der Waals surface area contributed by atoms with Crippen molar-refractivity contribution in [1.29, 1.82) is 0 Å². The summed E-state index contributed by atoms with van der Waals surface area (Å²) in [6, 6.07) is 7.95. The van der Waals surface area contributed by atoms with Gasteiger partial charge in [0, 0.05) is 25.4 Å². The molecule has 10 heteroatoms. The van der Waals surface area contributed by atoms with Gasteiger partial charge in [-0.1, -0.05) is 23.2 Å². The summed E-state index contributed by atoms with van der Waals surface area (Å²) in [6.45, 7) is 0.746. The van der Waals surface area contributed by atoms with Crippen LogP contribution in [0.4, 0.5) is 11.4 Å². The zero-order chi connectivity index (χ0) is 22.1. The molecule has 0 aliphatic heterocycles. The number of amides is 2. The molecule has 0 atom stereocenters. The highest BCUT2D eigenvalue weighted by atomic mass is 35.5. The van der Waals surface area contributed by atoms with Crippen LogP contribution < -0.4 is 25.4 Å². The molecule has 0 saturated carbocycles. The number of ether oxygens (including phenoxy) is 3. The fourth-order valence-electron chi connectivity index (χ4n) is 2.51. The molecule has 0 aromatic heterocycles. The van der Waals surface area contributed by atoms with Crippen molar-refractivity contribution in [3.05, 3.63) is 45.9 Å². The Morgan fingerprint density at radius 3 is 2.33 bits per heavy atom. The number of hydrogen-bond acceptors (Lipinski definition) is 6. The number of carbonyl (C=O) groups is 2. The topological polar surface area (TPSA) is 97.9 Å². The van der Waals surface area contributed by atoms with Gasteiger partial charge in [0.1, 0.15) is 11.5 Å². The molecule has 30 heavy (non-hydrogen) atoms. The number of halogens is 2. The zero-order valence-corrected chi connectivity index (χ0v) is 18.3. The number of hydrogen-bond donors (Lipinski definition) is 3. The Kier molecular flexibility index (Phi) is 9.04. The maximum atomic E-state index is 12.3. The van der Waals surface area contributed by atoms with E-state index in [-0.39, 0.29) is 23.4 Å². The van der Waals surface area contributed by atoms with E-state index in [2.05, 4.69) is 16.0 Å². The molecule has 0 bridgehead atoms. The Morgan fingerprint density at radius 1 is 0.967 bits per heavy atom. The maximum Gasteiger partial charge on any atom is 0.252 e. The Labute approximate surface area is 184 Å². The molecular weight excluding hydrogens is 433 g/mol. The van der Waals surface area contributed by atoms with Crippen LogP contribution in [0, 0.1) is 0 Å². The molecule has 0 aliphatic rings. The van der Waals surface area contributed by atoms with Crippen molar-refractivity contribution in [3.63, 3.8) is 0 Å². The normalized spacial score (nSPS) is 10.3.